The lowest BCUT2D eigenvalue weighted by atomic mass is 10.1. The number of alkyl halides is 3. The normalized spacial score (nSPS) is 16.0. The summed E-state index contributed by atoms with van der Waals surface area (Å²) >= 11 is 0. The summed E-state index contributed by atoms with van der Waals surface area (Å²) in [6.07, 6.45) is -3.24. The molecule has 21 heavy (non-hydrogen) atoms. The molecule has 0 aromatic carbocycles. The fourth-order valence-electron chi connectivity index (χ4n) is 2.05. The quantitative estimate of drug-likeness (QED) is 0.859. The Kier molecular flexibility index (Phi) is 4.39. The van der Waals surface area contributed by atoms with Crippen LogP contribution in [0.2, 0.25) is 0 Å². The smallest absolute Gasteiger partial charge is 0.421 e. The number of rotatable bonds is 4. The van der Waals surface area contributed by atoms with E-state index in [-0.39, 0.29) is 11.8 Å². The van der Waals surface area contributed by atoms with E-state index in [9.17, 15) is 18.0 Å². The minimum Gasteiger partial charge on any atom is -0.470 e. The molecule has 1 aromatic rings. The van der Waals surface area contributed by atoms with E-state index < -0.39 is 23.7 Å². The molecule has 0 saturated carbocycles. The van der Waals surface area contributed by atoms with Crippen LogP contribution in [0.3, 0.4) is 0 Å². The minimum absolute atomic E-state index is 0.00177. The van der Waals surface area contributed by atoms with Gasteiger partial charge in [-0.1, -0.05) is 13.8 Å². The van der Waals surface area contributed by atoms with E-state index in [2.05, 4.69) is 4.98 Å². The van der Waals surface area contributed by atoms with E-state index >= 15 is 0 Å². The van der Waals surface area contributed by atoms with E-state index in [4.69, 9.17) is 4.74 Å². The van der Waals surface area contributed by atoms with Crippen molar-refractivity contribution >= 4 is 5.91 Å². The summed E-state index contributed by atoms with van der Waals surface area (Å²) in [7, 11) is 0. The van der Waals surface area contributed by atoms with E-state index in [0.29, 0.717) is 19.5 Å². The Morgan fingerprint density at radius 2 is 2.14 bits per heavy atom. The van der Waals surface area contributed by atoms with Gasteiger partial charge in [0, 0.05) is 12.6 Å². The number of nitrogens with zero attached hydrogens (tertiary/aromatic N) is 2. The number of aromatic nitrogens is 1. The van der Waals surface area contributed by atoms with Crippen molar-refractivity contribution in [2.24, 2.45) is 5.92 Å². The van der Waals surface area contributed by atoms with Gasteiger partial charge < -0.3 is 9.64 Å². The molecule has 0 radical (unpaired) electrons. The number of hydrogen-bond donors (Lipinski definition) is 0. The van der Waals surface area contributed by atoms with Crippen LogP contribution in [0.1, 0.15) is 25.8 Å². The third-order valence-corrected chi connectivity index (χ3v) is 3.14. The monoisotopic (exact) mass is 302 g/mol. The third-order valence-electron chi connectivity index (χ3n) is 3.14. The van der Waals surface area contributed by atoms with Crippen LogP contribution >= 0.6 is 0 Å². The molecule has 0 bridgehead atoms. The van der Waals surface area contributed by atoms with Crippen molar-refractivity contribution in [2.45, 2.75) is 32.5 Å². The predicted octanol–water partition coefficient (Wildman–Crippen LogP) is 2.74. The van der Waals surface area contributed by atoms with Crippen molar-refractivity contribution in [3.8, 4) is 5.88 Å². The molecule has 2 rings (SSSR count). The van der Waals surface area contributed by atoms with Crippen LogP contribution in [0.15, 0.2) is 18.3 Å². The zero-order chi connectivity index (χ0) is 15.6. The van der Waals surface area contributed by atoms with Gasteiger partial charge in [-0.25, -0.2) is 4.98 Å². The van der Waals surface area contributed by atoms with Crippen LogP contribution in [0.25, 0.3) is 0 Å². The number of halogens is 3. The van der Waals surface area contributed by atoms with Crippen molar-refractivity contribution in [1.29, 1.82) is 0 Å². The molecule has 0 aliphatic carbocycles. The number of ether oxygens (including phenoxy) is 1. The summed E-state index contributed by atoms with van der Waals surface area (Å²) in [6.45, 7) is 4.49. The van der Waals surface area contributed by atoms with Gasteiger partial charge in [0.05, 0.1) is 13.1 Å². The SMILES string of the molecule is CC(C)CC(=O)N1CC(Oc2ncccc2C(F)(F)F)C1. The average Bonchev–Trinajstić information content (AvgIpc) is 2.31. The molecule has 1 aromatic heterocycles. The first kappa shape index (κ1) is 15.6. The Morgan fingerprint density at radius 1 is 1.48 bits per heavy atom. The molecular formula is C14H17F3N2O2. The van der Waals surface area contributed by atoms with Crippen molar-refractivity contribution < 1.29 is 22.7 Å². The van der Waals surface area contributed by atoms with Gasteiger partial charge in [-0.2, -0.15) is 13.2 Å². The second kappa shape index (κ2) is 5.91. The zero-order valence-corrected chi connectivity index (χ0v) is 11.9. The largest absolute Gasteiger partial charge is 0.470 e. The Morgan fingerprint density at radius 3 is 2.71 bits per heavy atom. The molecular weight excluding hydrogens is 285 g/mol. The van der Waals surface area contributed by atoms with Gasteiger partial charge in [0.25, 0.3) is 0 Å². The van der Waals surface area contributed by atoms with Gasteiger partial charge in [0.15, 0.2) is 0 Å². The molecule has 1 aliphatic rings. The summed E-state index contributed by atoms with van der Waals surface area (Å²) in [6, 6.07) is 2.15. The van der Waals surface area contributed by atoms with Gasteiger partial charge in [-0.15, -0.1) is 0 Å². The maximum absolute atomic E-state index is 12.8. The standard InChI is InChI=1S/C14H17F3N2O2/c1-9(2)6-12(20)19-7-10(8-19)21-13-11(14(15,16)17)4-3-5-18-13/h3-5,9-10H,6-8H2,1-2H3. The van der Waals surface area contributed by atoms with Crippen LogP contribution in [0.4, 0.5) is 13.2 Å². The zero-order valence-electron chi connectivity index (χ0n) is 11.9. The molecule has 116 valence electrons. The fourth-order valence-corrected chi connectivity index (χ4v) is 2.05. The van der Waals surface area contributed by atoms with E-state index in [1.54, 1.807) is 4.90 Å². The number of likely N-dealkylation sites (tertiary alicyclic amines) is 1. The number of pyridine rings is 1. The Bertz CT molecular complexity index is 511. The van der Waals surface area contributed by atoms with Gasteiger partial charge >= 0.3 is 6.18 Å². The first-order valence-electron chi connectivity index (χ1n) is 6.74. The van der Waals surface area contributed by atoms with Gasteiger partial charge in [0.1, 0.15) is 11.7 Å². The topological polar surface area (TPSA) is 42.4 Å². The molecule has 4 nitrogen and oxygen atoms in total. The maximum atomic E-state index is 12.8. The number of carbonyl (C=O) groups is 1. The van der Waals surface area contributed by atoms with Crippen LogP contribution in [-0.2, 0) is 11.0 Å². The highest BCUT2D eigenvalue weighted by molar-refractivity contribution is 5.77. The predicted molar refractivity (Wildman–Crippen MR) is 69.7 cm³/mol. The molecule has 1 fully saturated rings. The maximum Gasteiger partial charge on any atom is 0.421 e. The van der Waals surface area contributed by atoms with Crippen molar-refractivity contribution in [3.63, 3.8) is 0 Å². The van der Waals surface area contributed by atoms with Crippen molar-refractivity contribution in [3.05, 3.63) is 23.9 Å². The lowest BCUT2D eigenvalue weighted by molar-refractivity contribution is -0.145. The molecule has 7 heteroatoms. The molecule has 1 saturated heterocycles. The molecule has 1 amide bonds. The van der Waals surface area contributed by atoms with Crippen LogP contribution < -0.4 is 4.74 Å². The minimum atomic E-state index is -4.50. The Hall–Kier alpha value is -1.79. The molecule has 0 atom stereocenters. The van der Waals surface area contributed by atoms with Crippen LogP contribution in [0, 0.1) is 5.92 Å². The molecule has 0 N–H and O–H groups in total. The molecule has 0 unspecified atom stereocenters. The number of hydrogen-bond acceptors (Lipinski definition) is 3. The highest BCUT2D eigenvalue weighted by Gasteiger charge is 2.38. The summed E-state index contributed by atoms with van der Waals surface area (Å²) in [5, 5.41) is 0. The second-order valence-corrected chi connectivity index (χ2v) is 5.49. The first-order valence-corrected chi connectivity index (χ1v) is 6.74. The number of carbonyl (C=O) groups excluding carboxylic acids is 1. The summed E-state index contributed by atoms with van der Waals surface area (Å²) in [4.78, 5) is 17.0. The third kappa shape index (κ3) is 3.86. The summed E-state index contributed by atoms with van der Waals surface area (Å²) in [5.41, 5.74) is -0.892. The lowest BCUT2D eigenvalue weighted by Gasteiger charge is -2.39. The number of amides is 1. The van der Waals surface area contributed by atoms with E-state index in [0.717, 1.165) is 6.07 Å². The summed E-state index contributed by atoms with van der Waals surface area (Å²) < 4.78 is 43.6. The Balaban J connectivity index is 1.93. The summed E-state index contributed by atoms with van der Waals surface area (Å²) in [5.74, 6) is -0.169. The molecule has 0 spiro atoms. The fraction of sp³-hybridized carbons (Fsp3) is 0.571. The lowest BCUT2D eigenvalue weighted by Crippen LogP contribution is -2.56. The van der Waals surface area contributed by atoms with Crippen molar-refractivity contribution in [2.75, 3.05) is 13.1 Å². The highest BCUT2D eigenvalue weighted by atomic mass is 19.4. The van der Waals surface area contributed by atoms with Gasteiger partial charge in [0.2, 0.25) is 11.8 Å². The average molecular weight is 302 g/mol. The van der Waals surface area contributed by atoms with E-state index in [1.165, 1.54) is 12.3 Å². The Labute approximate surface area is 120 Å². The van der Waals surface area contributed by atoms with Crippen molar-refractivity contribution in [1.82, 2.24) is 9.88 Å². The second-order valence-electron chi connectivity index (χ2n) is 5.49. The van der Waals surface area contributed by atoms with E-state index in [1.807, 2.05) is 13.8 Å². The van der Waals surface area contributed by atoms with Crippen LogP contribution in [0.5, 0.6) is 5.88 Å². The van der Waals surface area contributed by atoms with Gasteiger partial charge in [-0.05, 0) is 18.1 Å². The highest BCUT2D eigenvalue weighted by Crippen LogP contribution is 2.35. The van der Waals surface area contributed by atoms with Crippen LogP contribution in [-0.4, -0.2) is 35.0 Å². The first-order chi connectivity index (χ1) is 9.77. The molecule has 2 heterocycles. The van der Waals surface area contributed by atoms with Gasteiger partial charge in [-0.3, -0.25) is 4.79 Å². The molecule has 1 aliphatic heterocycles.